The molecule has 1 aliphatic carbocycles. The molecule has 0 saturated heterocycles. The highest BCUT2D eigenvalue weighted by molar-refractivity contribution is 7.14. The van der Waals surface area contributed by atoms with Gasteiger partial charge in [0.05, 0.1) is 4.88 Å². The van der Waals surface area contributed by atoms with E-state index in [4.69, 9.17) is 0 Å². The first-order valence-electron chi connectivity index (χ1n) is 7.66. The molecule has 0 saturated carbocycles. The highest BCUT2D eigenvalue weighted by Gasteiger charge is 2.16. The summed E-state index contributed by atoms with van der Waals surface area (Å²) in [5.74, 6) is -0.592. The molecular formula is C17H18N2O2S2. The summed E-state index contributed by atoms with van der Waals surface area (Å²) in [5.41, 5.74) is 6.19. The Kier molecular flexibility index (Phi) is 5.25. The molecule has 2 N–H and O–H groups in total. The zero-order valence-electron chi connectivity index (χ0n) is 12.6. The average Bonchev–Trinajstić information content (AvgIpc) is 3.16. The molecule has 2 heterocycles. The van der Waals surface area contributed by atoms with Crippen molar-refractivity contribution in [1.29, 1.82) is 0 Å². The van der Waals surface area contributed by atoms with Crippen LogP contribution in [0.3, 0.4) is 0 Å². The Bertz CT molecular complexity index is 694. The van der Waals surface area contributed by atoms with Crippen molar-refractivity contribution in [2.45, 2.75) is 32.1 Å². The van der Waals surface area contributed by atoms with Crippen molar-refractivity contribution in [2.75, 3.05) is 0 Å². The summed E-state index contributed by atoms with van der Waals surface area (Å²) < 4.78 is 0. The fourth-order valence-corrected chi connectivity index (χ4v) is 4.31. The molecule has 0 atom stereocenters. The number of amides is 2. The maximum absolute atomic E-state index is 12.1. The number of hydrogen-bond acceptors (Lipinski definition) is 4. The van der Waals surface area contributed by atoms with Gasteiger partial charge in [-0.15, -0.1) is 22.7 Å². The van der Waals surface area contributed by atoms with Crippen molar-refractivity contribution in [3.05, 3.63) is 49.9 Å². The molecule has 1 aliphatic rings. The smallest absolute Gasteiger partial charge is 0.268 e. The first kappa shape index (κ1) is 16.0. The lowest BCUT2D eigenvalue weighted by Crippen LogP contribution is -2.40. The van der Waals surface area contributed by atoms with Gasteiger partial charge in [-0.05, 0) is 54.8 Å². The molecular weight excluding hydrogens is 328 g/mol. The van der Waals surface area contributed by atoms with Crippen molar-refractivity contribution >= 4 is 40.6 Å². The van der Waals surface area contributed by atoms with E-state index < -0.39 is 0 Å². The van der Waals surface area contributed by atoms with E-state index in [1.807, 2.05) is 23.6 Å². The van der Waals surface area contributed by atoms with E-state index >= 15 is 0 Å². The van der Waals surface area contributed by atoms with Gasteiger partial charge in [0.25, 0.3) is 11.8 Å². The van der Waals surface area contributed by atoms with Crippen molar-refractivity contribution < 1.29 is 9.59 Å². The number of fused-ring (bicyclic) bond motifs is 1. The summed E-state index contributed by atoms with van der Waals surface area (Å²) in [6.45, 7) is 0. The second kappa shape index (κ2) is 7.57. The second-order valence-electron chi connectivity index (χ2n) is 5.41. The molecule has 2 aromatic rings. The van der Waals surface area contributed by atoms with Crippen LogP contribution in [0.2, 0.25) is 0 Å². The molecule has 4 nitrogen and oxygen atoms in total. The van der Waals surface area contributed by atoms with E-state index in [0.29, 0.717) is 4.88 Å². The Labute approximate surface area is 143 Å². The SMILES string of the molecule is O=C(/C=C/c1cccs1)NNC(=O)c1cc2c(s1)CCCCC2. The summed E-state index contributed by atoms with van der Waals surface area (Å²) >= 11 is 3.09. The van der Waals surface area contributed by atoms with E-state index in [0.717, 1.165) is 17.7 Å². The molecule has 0 aromatic carbocycles. The van der Waals surface area contributed by atoms with Crippen LogP contribution in [0.25, 0.3) is 6.08 Å². The fourth-order valence-electron chi connectivity index (χ4n) is 2.54. The van der Waals surface area contributed by atoms with E-state index in [1.165, 1.54) is 35.8 Å². The Morgan fingerprint density at radius 2 is 2.00 bits per heavy atom. The van der Waals surface area contributed by atoms with E-state index in [2.05, 4.69) is 10.9 Å². The van der Waals surface area contributed by atoms with Gasteiger partial charge in [0.2, 0.25) is 0 Å². The summed E-state index contributed by atoms with van der Waals surface area (Å²) in [6, 6.07) is 5.81. The molecule has 0 spiro atoms. The number of thiophene rings is 2. The summed E-state index contributed by atoms with van der Waals surface area (Å²) in [5, 5.41) is 1.94. The molecule has 120 valence electrons. The minimum absolute atomic E-state index is 0.249. The first-order chi connectivity index (χ1) is 11.2. The summed E-state index contributed by atoms with van der Waals surface area (Å²) in [6.07, 6.45) is 8.89. The van der Waals surface area contributed by atoms with Gasteiger partial charge < -0.3 is 0 Å². The zero-order valence-corrected chi connectivity index (χ0v) is 14.3. The Balaban J connectivity index is 1.54. The van der Waals surface area contributed by atoms with Crippen molar-refractivity contribution in [3.8, 4) is 0 Å². The highest BCUT2D eigenvalue weighted by Crippen LogP contribution is 2.28. The van der Waals surface area contributed by atoms with Gasteiger partial charge in [-0.25, -0.2) is 0 Å². The maximum Gasteiger partial charge on any atom is 0.279 e. The lowest BCUT2D eigenvalue weighted by Gasteiger charge is -2.03. The minimum atomic E-state index is -0.343. The van der Waals surface area contributed by atoms with E-state index in [9.17, 15) is 9.59 Å². The van der Waals surface area contributed by atoms with Crippen molar-refractivity contribution in [1.82, 2.24) is 10.9 Å². The van der Waals surface area contributed by atoms with Crippen LogP contribution >= 0.6 is 22.7 Å². The van der Waals surface area contributed by atoms with Crippen LogP contribution in [0.15, 0.2) is 29.7 Å². The molecule has 2 amide bonds. The zero-order chi connectivity index (χ0) is 16.1. The Hall–Kier alpha value is -1.92. The first-order valence-corrected chi connectivity index (χ1v) is 9.35. The Morgan fingerprint density at radius 3 is 2.83 bits per heavy atom. The largest absolute Gasteiger partial charge is 0.279 e. The van der Waals surface area contributed by atoms with Gasteiger partial charge in [0.15, 0.2) is 0 Å². The Morgan fingerprint density at radius 1 is 1.13 bits per heavy atom. The number of aryl methyl sites for hydroxylation is 2. The monoisotopic (exact) mass is 346 g/mol. The van der Waals surface area contributed by atoms with Crippen LogP contribution in [-0.4, -0.2) is 11.8 Å². The molecule has 3 rings (SSSR count). The predicted octanol–water partition coefficient (Wildman–Crippen LogP) is 3.55. The molecule has 23 heavy (non-hydrogen) atoms. The third-order valence-corrected chi connectivity index (χ3v) is 5.79. The molecule has 2 aromatic heterocycles. The number of rotatable bonds is 3. The highest BCUT2D eigenvalue weighted by atomic mass is 32.1. The van der Waals surface area contributed by atoms with Crippen LogP contribution < -0.4 is 10.9 Å². The quantitative estimate of drug-likeness (QED) is 0.507. The van der Waals surface area contributed by atoms with E-state index in [1.54, 1.807) is 28.7 Å². The standard InChI is InChI=1S/C17H18N2O2S2/c20-16(9-8-13-6-4-10-22-13)18-19-17(21)15-11-12-5-2-1-3-7-14(12)23-15/h4,6,8-11H,1-3,5,7H2,(H,18,20)(H,19,21)/b9-8+. The van der Waals surface area contributed by atoms with Crippen molar-refractivity contribution in [2.24, 2.45) is 0 Å². The van der Waals surface area contributed by atoms with Crippen LogP contribution in [-0.2, 0) is 17.6 Å². The third kappa shape index (κ3) is 4.30. The van der Waals surface area contributed by atoms with Gasteiger partial charge >= 0.3 is 0 Å². The normalized spacial score (nSPS) is 14.3. The van der Waals surface area contributed by atoms with Gasteiger partial charge in [0, 0.05) is 15.8 Å². The van der Waals surface area contributed by atoms with Crippen LogP contribution in [0.5, 0.6) is 0 Å². The van der Waals surface area contributed by atoms with Crippen LogP contribution in [0.1, 0.15) is 44.3 Å². The lowest BCUT2D eigenvalue weighted by molar-refractivity contribution is -0.117. The van der Waals surface area contributed by atoms with Crippen molar-refractivity contribution in [3.63, 3.8) is 0 Å². The fraction of sp³-hybridized carbons (Fsp3) is 0.294. The number of nitrogens with one attached hydrogen (secondary N) is 2. The third-order valence-electron chi connectivity index (χ3n) is 3.71. The number of carbonyl (C=O) groups is 2. The van der Waals surface area contributed by atoms with Gasteiger partial charge in [0.1, 0.15) is 0 Å². The number of hydrazine groups is 1. The molecule has 0 fully saturated rings. The van der Waals surface area contributed by atoms with E-state index in [-0.39, 0.29) is 11.8 Å². The molecule has 6 heteroatoms. The van der Waals surface area contributed by atoms with Gasteiger partial charge in [-0.1, -0.05) is 12.5 Å². The average molecular weight is 346 g/mol. The predicted molar refractivity (Wildman–Crippen MR) is 94.5 cm³/mol. The molecule has 0 aliphatic heterocycles. The van der Waals surface area contributed by atoms with Gasteiger partial charge in [-0.3, -0.25) is 20.4 Å². The maximum atomic E-state index is 12.1. The van der Waals surface area contributed by atoms with Crippen LogP contribution in [0, 0.1) is 0 Å². The molecule has 0 unspecified atom stereocenters. The summed E-state index contributed by atoms with van der Waals surface area (Å²) in [4.78, 5) is 26.8. The van der Waals surface area contributed by atoms with Gasteiger partial charge in [-0.2, -0.15) is 0 Å². The van der Waals surface area contributed by atoms with Crippen LogP contribution in [0.4, 0.5) is 0 Å². The summed E-state index contributed by atoms with van der Waals surface area (Å²) in [7, 11) is 0. The lowest BCUT2D eigenvalue weighted by atomic mass is 10.1. The minimum Gasteiger partial charge on any atom is -0.268 e. The second-order valence-corrected chi connectivity index (χ2v) is 7.53. The topological polar surface area (TPSA) is 58.2 Å². The molecule has 0 bridgehead atoms. The number of hydrogen-bond donors (Lipinski definition) is 2. The number of carbonyl (C=O) groups excluding carboxylic acids is 2. The molecule has 0 radical (unpaired) electrons.